The van der Waals surface area contributed by atoms with Crippen LogP contribution in [0, 0.1) is 17.3 Å². The van der Waals surface area contributed by atoms with Gasteiger partial charge in [-0.25, -0.2) is 0 Å². The van der Waals surface area contributed by atoms with Crippen molar-refractivity contribution in [2.45, 2.75) is 83.3 Å². The van der Waals surface area contributed by atoms with Crippen LogP contribution in [0.5, 0.6) is 0 Å². The van der Waals surface area contributed by atoms with Crippen molar-refractivity contribution in [3.63, 3.8) is 0 Å². The molecule has 140 valence electrons. The van der Waals surface area contributed by atoms with Gasteiger partial charge in [0.05, 0.1) is 5.41 Å². The van der Waals surface area contributed by atoms with E-state index in [0.717, 1.165) is 51.6 Å². The molecule has 0 radical (unpaired) electrons. The highest BCUT2D eigenvalue weighted by Gasteiger charge is 2.61. The number of amides is 2. The summed E-state index contributed by atoms with van der Waals surface area (Å²) in [5, 5.41) is 6.65. The molecule has 2 N–H and O–H groups in total. The molecule has 3 unspecified atom stereocenters. The van der Waals surface area contributed by atoms with Crippen molar-refractivity contribution in [3.05, 3.63) is 0 Å². The Morgan fingerprint density at radius 1 is 1.12 bits per heavy atom. The van der Waals surface area contributed by atoms with Gasteiger partial charge in [0.25, 0.3) is 0 Å². The summed E-state index contributed by atoms with van der Waals surface area (Å²) in [5.41, 5.74) is -0.356. The van der Waals surface area contributed by atoms with Crippen LogP contribution in [0.15, 0.2) is 0 Å². The first-order valence-corrected chi connectivity index (χ1v) is 10.1. The second kappa shape index (κ2) is 5.97. The molecule has 5 aliphatic rings. The van der Waals surface area contributed by atoms with Gasteiger partial charge < -0.3 is 10.6 Å². The van der Waals surface area contributed by atoms with E-state index in [-0.39, 0.29) is 22.8 Å². The Hall–Kier alpha value is -1.10. The van der Waals surface area contributed by atoms with Crippen molar-refractivity contribution in [3.8, 4) is 0 Å². The Morgan fingerprint density at radius 3 is 2.36 bits per heavy atom. The summed E-state index contributed by atoms with van der Waals surface area (Å²) in [6.45, 7) is 8.12. The molecule has 1 aliphatic heterocycles. The summed E-state index contributed by atoms with van der Waals surface area (Å²) in [7, 11) is 0. The van der Waals surface area contributed by atoms with Crippen LogP contribution in [0.3, 0.4) is 0 Å². The van der Waals surface area contributed by atoms with Gasteiger partial charge in [0.2, 0.25) is 11.8 Å². The maximum atomic E-state index is 13.3. The standard InChI is InChI=1S/C20H33N3O2/c1-13(2)23-5-4-17(11-23)21-18(25)19-7-15-6-16(8-19)10-20(9-15,12-19)22-14(3)24/h13,15-17H,4-12H2,1-3H3,(H,21,25)(H,22,24). The molecule has 0 spiro atoms. The molecule has 25 heavy (non-hydrogen) atoms. The molecule has 2 amide bonds. The highest BCUT2D eigenvalue weighted by atomic mass is 16.2. The van der Waals surface area contributed by atoms with Crippen molar-refractivity contribution in [2.24, 2.45) is 17.3 Å². The van der Waals surface area contributed by atoms with Gasteiger partial charge in [-0.1, -0.05) is 0 Å². The Labute approximate surface area is 151 Å². The Morgan fingerprint density at radius 2 is 1.80 bits per heavy atom. The molecule has 3 atom stereocenters. The van der Waals surface area contributed by atoms with E-state index in [1.54, 1.807) is 6.92 Å². The minimum Gasteiger partial charge on any atom is -0.352 e. The Balaban J connectivity index is 1.48. The SMILES string of the molecule is CC(=O)NC12CC3CC(C1)CC(C(=O)NC1CCN(C(C)C)C1)(C3)C2. The zero-order chi connectivity index (χ0) is 17.8. The van der Waals surface area contributed by atoms with E-state index >= 15 is 0 Å². The summed E-state index contributed by atoms with van der Waals surface area (Å²) in [5.74, 6) is 1.54. The number of carbonyl (C=O) groups is 2. The number of hydrogen-bond acceptors (Lipinski definition) is 3. The minimum atomic E-state index is -0.238. The van der Waals surface area contributed by atoms with Gasteiger partial charge in [0.1, 0.15) is 0 Å². The van der Waals surface area contributed by atoms with E-state index in [4.69, 9.17) is 0 Å². The van der Waals surface area contributed by atoms with Crippen molar-refractivity contribution in [2.75, 3.05) is 13.1 Å². The van der Waals surface area contributed by atoms with Gasteiger partial charge in [-0.15, -0.1) is 0 Å². The fraction of sp³-hybridized carbons (Fsp3) is 0.900. The fourth-order valence-corrected chi connectivity index (χ4v) is 6.76. The van der Waals surface area contributed by atoms with E-state index in [1.807, 2.05) is 0 Å². The third-order valence-electron chi connectivity index (χ3n) is 7.27. The predicted molar refractivity (Wildman–Crippen MR) is 96.9 cm³/mol. The molecule has 5 fully saturated rings. The molecule has 1 saturated heterocycles. The lowest BCUT2D eigenvalue weighted by molar-refractivity contribution is -0.153. The van der Waals surface area contributed by atoms with Crippen LogP contribution in [0.2, 0.25) is 0 Å². The largest absolute Gasteiger partial charge is 0.352 e. The zero-order valence-electron chi connectivity index (χ0n) is 15.9. The number of nitrogens with one attached hydrogen (secondary N) is 2. The van der Waals surface area contributed by atoms with Gasteiger partial charge in [0.15, 0.2) is 0 Å². The molecule has 5 rings (SSSR count). The summed E-state index contributed by atoms with van der Waals surface area (Å²) in [6, 6.07) is 0.837. The first-order chi connectivity index (χ1) is 11.8. The van der Waals surface area contributed by atoms with Crippen LogP contribution in [0.1, 0.15) is 65.7 Å². The second-order valence-electron chi connectivity index (χ2n) is 9.75. The van der Waals surface area contributed by atoms with Gasteiger partial charge in [-0.2, -0.15) is 0 Å². The number of rotatable bonds is 4. The third-order valence-corrected chi connectivity index (χ3v) is 7.27. The van der Waals surface area contributed by atoms with Crippen molar-refractivity contribution >= 4 is 11.8 Å². The summed E-state index contributed by atoms with van der Waals surface area (Å²) in [6.07, 6.45) is 7.35. The predicted octanol–water partition coefficient (Wildman–Crippen LogP) is 2.06. The number of hydrogen-bond donors (Lipinski definition) is 2. The van der Waals surface area contributed by atoms with Gasteiger partial charge >= 0.3 is 0 Å². The van der Waals surface area contributed by atoms with Crippen LogP contribution in [-0.2, 0) is 9.59 Å². The van der Waals surface area contributed by atoms with Gasteiger partial charge in [-0.3, -0.25) is 14.5 Å². The lowest BCUT2D eigenvalue weighted by Crippen LogP contribution is -2.66. The van der Waals surface area contributed by atoms with Crippen molar-refractivity contribution in [1.82, 2.24) is 15.5 Å². The lowest BCUT2D eigenvalue weighted by atomic mass is 9.46. The van der Waals surface area contributed by atoms with Gasteiger partial charge in [0, 0.05) is 37.6 Å². The molecule has 4 aliphatic carbocycles. The van der Waals surface area contributed by atoms with E-state index in [0.29, 0.717) is 23.9 Å². The lowest BCUT2D eigenvalue weighted by Gasteiger charge is -2.61. The van der Waals surface area contributed by atoms with E-state index in [9.17, 15) is 9.59 Å². The molecule has 0 aromatic heterocycles. The van der Waals surface area contributed by atoms with Crippen LogP contribution in [-0.4, -0.2) is 47.4 Å². The molecular weight excluding hydrogens is 314 g/mol. The van der Waals surface area contributed by atoms with E-state index < -0.39 is 0 Å². The summed E-state index contributed by atoms with van der Waals surface area (Å²) >= 11 is 0. The number of carbonyl (C=O) groups excluding carboxylic acids is 2. The average molecular weight is 348 g/mol. The minimum absolute atomic E-state index is 0.0564. The quantitative estimate of drug-likeness (QED) is 0.818. The highest BCUT2D eigenvalue weighted by molar-refractivity contribution is 5.84. The summed E-state index contributed by atoms with van der Waals surface area (Å²) in [4.78, 5) is 27.5. The first-order valence-electron chi connectivity index (χ1n) is 10.1. The molecule has 5 nitrogen and oxygen atoms in total. The molecular formula is C20H33N3O2. The first kappa shape index (κ1) is 17.3. The van der Waals surface area contributed by atoms with Gasteiger partial charge in [-0.05, 0) is 70.6 Å². The van der Waals surface area contributed by atoms with Crippen LogP contribution >= 0.6 is 0 Å². The fourth-order valence-electron chi connectivity index (χ4n) is 6.76. The highest BCUT2D eigenvalue weighted by Crippen LogP contribution is 2.61. The van der Waals surface area contributed by atoms with Crippen LogP contribution < -0.4 is 10.6 Å². The molecule has 4 bridgehead atoms. The molecule has 0 aromatic carbocycles. The Bertz CT molecular complexity index is 559. The van der Waals surface area contributed by atoms with E-state index in [1.165, 1.54) is 6.42 Å². The number of nitrogens with zero attached hydrogens (tertiary/aromatic N) is 1. The topological polar surface area (TPSA) is 61.4 Å². The molecule has 0 aromatic rings. The van der Waals surface area contributed by atoms with Crippen molar-refractivity contribution < 1.29 is 9.59 Å². The third kappa shape index (κ3) is 3.09. The maximum Gasteiger partial charge on any atom is 0.226 e. The summed E-state index contributed by atoms with van der Waals surface area (Å²) < 4.78 is 0. The monoisotopic (exact) mass is 347 g/mol. The Kier molecular flexibility index (Phi) is 4.13. The average Bonchev–Trinajstić information content (AvgIpc) is 2.93. The van der Waals surface area contributed by atoms with E-state index in [2.05, 4.69) is 29.4 Å². The molecule has 4 saturated carbocycles. The van der Waals surface area contributed by atoms with Crippen LogP contribution in [0.25, 0.3) is 0 Å². The normalized spacial score (nSPS) is 42.8. The number of likely N-dealkylation sites (tertiary alicyclic amines) is 1. The molecule has 1 heterocycles. The molecule has 5 heteroatoms. The second-order valence-corrected chi connectivity index (χ2v) is 9.75. The maximum absolute atomic E-state index is 13.3. The van der Waals surface area contributed by atoms with Crippen molar-refractivity contribution in [1.29, 1.82) is 0 Å². The zero-order valence-corrected chi connectivity index (χ0v) is 15.9. The van der Waals surface area contributed by atoms with Crippen LogP contribution in [0.4, 0.5) is 0 Å². The smallest absolute Gasteiger partial charge is 0.226 e.